The van der Waals surface area contributed by atoms with Crippen LogP contribution in [0.2, 0.25) is 0 Å². The number of methoxy groups -OCH3 is 1. The number of benzene rings is 1. The van der Waals surface area contributed by atoms with E-state index in [0.717, 1.165) is 0 Å². The Morgan fingerprint density at radius 2 is 2.09 bits per heavy atom. The van der Waals surface area contributed by atoms with E-state index < -0.39 is 9.84 Å². The largest absolute Gasteiger partial charge is 0.473 e. The van der Waals surface area contributed by atoms with Crippen LogP contribution in [-0.4, -0.2) is 63.9 Å². The van der Waals surface area contributed by atoms with Crippen LogP contribution in [0.4, 0.5) is 4.79 Å². The number of rotatable bonds is 7. The highest BCUT2D eigenvalue weighted by molar-refractivity contribution is 7.91. The van der Waals surface area contributed by atoms with Gasteiger partial charge in [-0.25, -0.2) is 13.2 Å². The van der Waals surface area contributed by atoms with Crippen LogP contribution in [0.3, 0.4) is 0 Å². The number of sulfone groups is 1. The third-order valence-corrected chi connectivity index (χ3v) is 5.40. The van der Waals surface area contributed by atoms with Gasteiger partial charge in [0.25, 0.3) is 0 Å². The molecule has 1 heterocycles. The number of nitrogens with zero attached hydrogens (tertiary/aromatic N) is 1. The number of nitrogens with one attached hydrogen (secondary N) is 1. The number of carbonyl (C=O) groups excluding carboxylic acids is 1. The maximum absolute atomic E-state index is 12.3. The minimum Gasteiger partial charge on any atom is -0.473 e. The molecule has 1 fully saturated rings. The fraction of sp³-hybridized carbons (Fsp3) is 0.533. The minimum atomic E-state index is -3.06. The Bertz CT molecular complexity index is 606. The molecule has 1 atom stereocenters. The highest BCUT2D eigenvalue weighted by Crippen LogP contribution is 2.18. The van der Waals surface area contributed by atoms with Crippen LogP contribution < -0.4 is 10.1 Å². The first-order chi connectivity index (χ1) is 11.0. The van der Waals surface area contributed by atoms with E-state index in [-0.39, 0.29) is 30.3 Å². The van der Waals surface area contributed by atoms with Crippen LogP contribution in [0.1, 0.15) is 6.42 Å². The van der Waals surface area contributed by atoms with E-state index in [9.17, 15) is 13.2 Å². The Kier molecular flexibility index (Phi) is 6.23. The lowest BCUT2D eigenvalue weighted by atomic mass is 10.2. The number of urea groups is 1. The van der Waals surface area contributed by atoms with Crippen LogP contribution >= 0.6 is 0 Å². The molecule has 2 amide bonds. The molecule has 1 unspecified atom stereocenters. The SMILES string of the molecule is COCCN(C(=O)NCOc1ccccc1)C1CCS(=O)(=O)C1. The number of carbonyl (C=O) groups is 1. The molecule has 1 saturated heterocycles. The second-order valence-electron chi connectivity index (χ2n) is 5.33. The van der Waals surface area contributed by atoms with Gasteiger partial charge >= 0.3 is 6.03 Å². The monoisotopic (exact) mass is 342 g/mol. The first-order valence-electron chi connectivity index (χ1n) is 7.43. The van der Waals surface area contributed by atoms with Crippen LogP contribution in [0.5, 0.6) is 5.75 Å². The molecule has 1 aromatic carbocycles. The summed E-state index contributed by atoms with van der Waals surface area (Å²) in [6.07, 6.45) is 0.457. The Labute approximate surface area is 136 Å². The molecule has 0 aliphatic carbocycles. The molecule has 0 aromatic heterocycles. The first-order valence-corrected chi connectivity index (χ1v) is 9.25. The molecule has 1 N–H and O–H groups in total. The molecule has 0 bridgehead atoms. The molecule has 1 aliphatic rings. The molecule has 0 radical (unpaired) electrons. The van der Waals surface area contributed by atoms with Crippen molar-refractivity contribution in [2.24, 2.45) is 0 Å². The van der Waals surface area contributed by atoms with Gasteiger partial charge in [0.15, 0.2) is 16.6 Å². The maximum Gasteiger partial charge on any atom is 0.320 e. The summed E-state index contributed by atoms with van der Waals surface area (Å²) in [7, 11) is -1.51. The third-order valence-electron chi connectivity index (χ3n) is 3.65. The molecule has 1 aromatic rings. The van der Waals surface area contributed by atoms with Gasteiger partial charge in [0.1, 0.15) is 5.75 Å². The van der Waals surface area contributed by atoms with Gasteiger partial charge in [-0.1, -0.05) is 18.2 Å². The van der Waals surface area contributed by atoms with Gasteiger partial charge in [-0.15, -0.1) is 0 Å². The summed E-state index contributed by atoms with van der Waals surface area (Å²) >= 11 is 0. The minimum absolute atomic E-state index is 0.00365. The van der Waals surface area contributed by atoms with Crippen molar-refractivity contribution in [3.8, 4) is 5.75 Å². The third kappa shape index (κ3) is 5.40. The Balaban J connectivity index is 1.88. The van der Waals surface area contributed by atoms with Crippen molar-refractivity contribution in [3.05, 3.63) is 30.3 Å². The van der Waals surface area contributed by atoms with Gasteiger partial charge in [0, 0.05) is 19.7 Å². The van der Waals surface area contributed by atoms with Gasteiger partial charge in [-0.05, 0) is 18.6 Å². The number of hydrogen-bond donors (Lipinski definition) is 1. The summed E-state index contributed by atoms with van der Waals surface area (Å²) in [5, 5.41) is 2.66. The van der Waals surface area contributed by atoms with Crippen LogP contribution in [0.15, 0.2) is 30.3 Å². The van der Waals surface area contributed by atoms with Crippen molar-refractivity contribution < 1.29 is 22.7 Å². The zero-order chi connectivity index (χ0) is 16.7. The summed E-state index contributed by atoms with van der Waals surface area (Å²) in [5.74, 6) is 0.776. The van der Waals surface area contributed by atoms with Crippen molar-refractivity contribution in [2.45, 2.75) is 12.5 Å². The van der Waals surface area contributed by atoms with E-state index in [1.54, 1.807) is 19.2 Å². The van der Waals surface area contributed by atoms with Gasteiger partial charge in [0.2, 0.25) is 0 Å². The number of para-hydroxylation sites is 1. The summed E-state index contributed by atoms with van der Waals surface area (Å²) in [6, 6.07) is 8.47. The van der Waals surface area contributed by atoms with Crippen LogP contribution in [0.25, 0.3) is 0 Å². The second-order valence-corrected chi connectivity index (χ2v) is 7.56. The molecule has 23 heavy (non-hydrogen) atoms. The zero-order valence-electron chi connectivity index (χ0n) is 13.1. The fourth-order valence-corrected chi connectivity index (χ4v) is 4.19. The van der Waals surface area contributed by atoms with Gasteiger partial charge in [-0.3, -0.25) is 0 Å². The summed E-state index contributed by atoms with van der Waals surface area (Å²) < 4.78 is 33.7. The lowest BCUT2D eigenvalue weighted by Gasteiger charge is -2.28. The van der Waals surface area contributed by atoms with Gasteiger partial charge in [-0.2, -0.15) is 0 Å². The van der Waals surface area contributed by atoms with Crippen LogP contribution in [-0.2, 0) is 14.6 Å². The number of amides is 2. The van der Waals surface area contributed by atoms with E-state index >= 15 is 0 Å². The first kappa shape index (κ1) is 17.6. The molecule has 0 saturated carbocycles. The lowest BCUT2D eigenvalue weighted by molar-refractivity contribution is 0.129. The van der Waals surface area contributed by atoms with Crippen molar-refractivity contribution >= 4 is 15.9 Å². The van der Waals surface area contributed by atoms with Crippen molar-refractivity contribution in [2.75, 3.05) is 38.5 Å². The molecule has 7 nitrogen and oxygen atoms in total. The van der Waals surface area contributed by atoms with Crippen molar-refractivity contribution in [3.63, 3.8) is 0 Å². The fourth-order valence-electron chi connectivity index (χ4n) is 2.46. The Morgan fingerprint density at radius 3 is 2.70 bits per heavy atom. The maximum atomic E-state index is 12.3. The summed E-state index contributed by atoms with van der Waals surface area (Å²) in [6.45, 7) is 0.711. The Morgan fingerprint density at radius 1 is 1.35 bits per heavy atom. The smallest absolute Gasteiger partial charge is 0.320 e. The van der Waals surface area contributed by atoms with E-state index in [1.807, 2.05) is 18.2 Å². The Hall–Kier alpha value is -1.80. The highest BCUT2D eigenvalue weighted by Gasteiger charge is 2.34. The summed E-state index contributed by atoms with van der Waals surface area (Å²) in [5.41, 5.74) is 0. The van der Waals surface area contributed by atoms with E-state index in [4.69, 9.17) is 9.47 Å². The molecule has 128 valence electrons. The van der Waals surface area contributed by atoms with Crippen molar-refractivity contribution in [1.82, 2.24) is 10.2 Å². The van der Waals surface area contributed by atoms with Gasteiger partial charge < -0.3 is 19.7 Å². The molecule has 1 aliphatic heterocycles. The van der Waals surface area contributed by atoms with E-state index in [2.05, 4.69) is 5.32 Å². The second kappa shape index (κ2) is 8.16. The quantitative estimate of drug-likeness (QED) is 0.743. The summed E-state index contributed by atoms with van der Waals surface area (Å²) in [4.78, 5) is 13.8. The topological polar surface area (TPSA) is 84.9 Å². The molecule has 0 spiro atoms. The molecular formula is C15H22N2O5S. The average Bonchev–Trinajstić information content (AvgIpc) is 2.88. The van der Waals surface area contributed by atoms with Crippen molar-refractivity contribution in [1.29, 1.82) is 0 Å². The standard InChI is InChI=1S/C15H22N2O5S/c1-21-9-8-17(13-7-10-23(19,20)11-13)15(18)16-12-22-14-5-3-2-4-6-14/h2-6,13H,7-12H2,1H3,(H,16,18). The average molecular weight is 342 g/mol. The van der Waals surface area contributed by atoms with Gasteiger partial charge in [0.05, 0.1) is 18.1 Å². The number of hydrogen-bond acceptors (Lipinski definition) is 5. The normalized spacial score (nSPS) is 19.3. The molecule has 8 heteroatoms. The molecular weight excluding hydrogens is 320 g/mol. The molecule has 2 rings (SSSR count). The van der Waals surface area contributed by atoms with Crippen LogP contribution in [0, 0.1) is 0 Å². The zero-order valence-corrected chi connectivity index (χ0v) is 13.9. The lowest BCUT2D eigenvalue weighted by Crippen LogP contribution is -2.49. The predicted molar refractivity (Wildman–Crippen MR) is 86.1 cm³/mol. The highest BCUT2D eigenvalue weighted by atomic mass is 32.2. The number of ether oxygens (including phenoxy) is 2. The van der Waals surface area contributed by atoms with E-state index in [1.165, 1.54) is 4.90 Å². The predicted octanol–water partition coefficient (Wildman–Crippen LogP) is 0.868. The van der Waals surface area contributed by atoms with E-state index in [0.29, 0.717) is 25.3 Å².